The van der Waals surface area contributed by atoms with E-state index in [0.717, 1.165) is 24.8 Å². The van der Waals surface area contributed by atoms with Crippen LogP contribution in [-0.4, -0.2) is 24.5 Å². The van der Waals surface area contributed by atoms with E-state index in [-0.39, 0.29) is 0 Å². The second-order valence-electron chi connectivity index (χ2n) is 6.65. The van der Waals surface area contributed by atoms with Gasteiger partial charge in [-0.2, -0.15) is 0 Å². The van der Waals surface area contributed by atoms with Crippen molar-refractivity contribution in [2.24, 2.45) is 17.6 Å². The molecule has 0 bridgehead atoms. The normalized spacial score (nSPS) is 21.6. The Kier molecular flexibility index (Phi) is 5.62. The van der Waals surface area contributed by atoms with Crippen molar-refractivity contribution < 1.29 is 0 Å². The molecule has 2 unspecified atom stereocenters. The molecule has 2 nitrogen and oxygen atoms in total. The molecule has 1 fully saturated rings. The molecule has 1 aliphatic rings. The van der Waals surface area contributed by atoms with Gasteiger partial charge in [0.05, 0.1) is 0 Å². The largest absolute Gasteiger partial charge is 0.329 e. The molecular formula is C18H30N2. The maximum Gasteiger partial charge on any atom is 0.0470 e. The lowest BCUT2D eigenvalue weighted by Gasteiger charge is -2.27. The first-order valence-corrected chi connectivity index (χ1v) is 8.17. The second-order valence-corrected chi connectivity index (χ2v) is 6.65. The van der Waals surface area contributed by atoms with Gasteiger partial charge in [-0.3, -0.25) is 4.90 Å². The molecule has 0 amide bonds. The molecule has 0 aromatic heterocycles. The predicted octanol–water partition coefficient (Wildman–Crippen LogP) is 3.62. The Morgan fingerprint density at radius 2 is 1.95 bits per heavy atom. The van der Waals surface area contributed by atoms with E-state index in [9.17, 15) is 0 Å². The predicted molar refractivity (Wildman–Crippen MR) is 86.8 cm³/mol. The SMILES string of the molecule is CCC1CCN(C(CN)c2ccc(CC(C)C)cc2)C1. The molecular weight excluding hydrogens is 244 g/mol. The molecule has 112 valence electrons. The van der Waals surface area contributed by atoms with Gasteiger partial charge in [0.2, 0.25) is 0 Å². The van der Waals surface area contributed by atoms with Crippen LogP contribution in [0.1, 0.15) is 50.8 Å². The Morgan fingerprint density at radius 3 is 2.45 bits per heavy atom. The fourth-order valence-electron chi connectivity index (χ4n) is 3.32. The highest BCUT2D eigenvalue weighted by Crippen LogP contribution is 2.28. The fourth-order valence-corrected chi connectivity index (χ4v) is 3.32. The molecule has 0 spiro atoms. The Labute approximate surface area is 124 Å². The van der Waals surface area contributed by atoms with E-state index in [0.29, 0.717) is 6.04 Å². The van der Waals surface area contributed by atoms with Gasteiger partial charge in [0, 0.05) is 19.1 Å². The van der Waals surface area contributed by atoms with Crippen LogP contribution in [0.2, 0.25) is 0 Å². The Hall–Kier alpha value is -0.860. The average Bonchev–Trinajstić information content (AvgIpc) is 2.90. The highest BCUT2D eigenvalue weighted by Gasteiger charge is 2.27. The lowest BCUT2D eigenvalue weighted by Crippen LogP contribution is -2.32. The summed E-state index contributed by atoms with van der Waals surface area (Å²) in [6.45, 7) is 9.98. The molecule has 2 atom stereocenters. The van der Waals surface area contributed by atoms with Gasteiger partial charge in [0.15, 0.2) is 0 Å². The number of benzene rings is 1. The molecule has 0 aliphatic carbocycles. The van der Waals surface area contributed by atoms with Gasteiger partial charge in [-0.15, -0.1) is 0 Å². The summed E-state index contributed by atoms with van der Waals surface area (Å²) in [4.78, 5) is 2.58. The average molecular weight is 274 g/mol. The van der Waals surface area contributed by atoms with Crippen LogP contribution in [0, 0.1) is 11.8 Å². The standard InChI is InChI=1S/C18H30N2/c1-4-15-9-10-20(13-15)18(12-19)17-7-5-16(6-8-17)11-14(2)3/h5-8,14-15,18H,4,9-13,19H2,1-3H3. The van der Waals surface area contributed by atoms with Gasteiger partial charge in [0.1, 0.15) is 0 Å². The van der Waals surface area contributed by atoms with E-state index >= 15 is 0 Å². The summed E-state index contributed by atoms with van der Waals surface area (Å²) in [6, 6.07) is 9.54. The molecule has 2 rings (SSSR count). The third-order valence-corrected chi connectivity index (χ3v) is 4.57. The van der Waals surface area contributed by atoms with Crippen LogP contribution in [0.5, 0.6) is 0 Å². The van der Waals surface area contributed by atoms with Crippen molar-refractivity contribution in [3.8, 4) is 0 Å². The summed E-state index contributed by atoms with van der Waals surface area (Å²) in [7, 11) is 0. The summed E-state index contributed by atoms with van der Waals surface area (Å²) in [6.07, 6.45) is 3.79. The molecule has 0 saturated carbocycles. The quantitative estimate of drug-likeness (QED) is 0.858. The lowest BCUT2D eigenvalue weighted by molar-refractivity contribution is 0.241. The van der Waals surface area contributed by atoms with Gasteiger partial charge in [-0.25, -0.2) is 0 Å². The van der Waals surface area contributed by atoms with Crippen molar-refractivity contribution in [2.45, 2.75) is 46.1 Å². The zero-order chi connectivity index (χ0) is 14.5. The van der Waals surface area contributed by atoms with Crippen molar-refractivity contribution in [1.29, 1.82) is 0 Å². The molecule has 1 aromatic carbocycles. The summed E-state index contributed by atoms with van der Waals surface area (Å²) >= 11 is 0. The molecule has 0 radical (unpaired) electrons. The van der Waals surface area contributed by atoms with Gasteiger partial charge >= 0.3 is 0 Å². The van der Waals surface area contributed by atoms with Gasteiger partial charge < -0.3 is 5.73 Å². The van der Waals surface area contributed by atoms with Crippen LogP contribution >= 0.6 is 0 Å². The minimum Gasteiger partial charge on any atom is -0.329 e. The molecule has 2 heteroatoms. The lowest BCUT2D eigenvalue weighted by atomic mass is 9.99. The van der Waals surface area contributed by atoms with E-state index in [1.54, 1.807) is 0 Å². The van der Waals surface area contributed by atoms with Crippen molar-refractivity contribution in [3.05, 3.63) is 35.4 Å². The highest BCUT2D eigenvalue weighted by atomic mass is 15.2. The van der Waals surface area contributed by atoms with Crippen LogP contribution in [0.25, 0.3) is 0 Å². The third kappa shape index (κ3) is 3.83. The van der Waals surface area contributed by atoms with Crippen molar-refractivity contribution in [2.75, 3.05) is 19.6 Å². The van der Waals surface area contributed by atoms with E-state index in [2.05, 4.69) is 49.9 Å². The first-order chi connectivity index (χ1) is 9.63. The maximum atomic E-state index is 6.05. The van der Waals surface area contributed by atoms with E-state index in [1.165, 1.54) is 37.1 Å². The van der Waals surface area contributed by atoms with Crippen LogP contribution < -0.4 is 5.73 Å². The minimum absolute atomic E-state index is 0.402. The minimum atomic E-state index is 0.402. The summed E-state index contributed by atoms with van der Waals surface area (Å²) in [5.74, 6) is 1.58. The van der Waals surface area contributed by atoms with Crippen LogP contribution in [0.4, 0.5) is 0 Å². The monoisotopic (exact) mass is 274 g/mol. The third-order valence-electron chi connectivity index (χ3n) is 4.57. The molecule has 1 heterocycles. The van der Waals surface area contributed by atoms with Crippen molar-refractivity contribution in [3.63, 3.8) is 0 Å². The van der Waals surface area contributed by atoms with E-state index < -0.39 is 0 Å². The smallest absolute Gasteiger partial charge is 0.0470 e. The molecule has 1 saturated heterocycles. The fraction of sp³-hybridized carbons (Fsp3) is 0.667. The van der Waals surface area contributed by atoms with Crippen molar-refractivity contribution in [1.82, 2.24) is 4.90 Å². The zero-order valence-corrected chi connectivity index (χ0v) is 13.3. The first kappa shape index (κ1) is 15.5. The summed E-state index contributed by atoms with van der Waals surface area (Å²) in [5.41, 5.74) is 8.87. The number of nitrogens with zero attached hydrogens (tertiary/aromatic N) is 1. The van der Waals surface area contributed by atoms with Crippen LogP contribution in [0.3, 0.4) is 0 Å². The summed E-state index contributed by atoms with van der Waals surface area (Å²) < 4.78 is 0. The van der Waals surface area contributed by atoms with Crippen LogP contribution in [-0.2, 0) is 6.42 Å². The van der Waals surface area contributed by atoms with E-state index in [1.807, 2.05) is 0 Å². The number of hydrogen-bond acceptors (Lipinski definition) is 2. The van der Waals surface area contributed by atoms with Gasteiger partial charge in [-0.05, 0) is 42.3 Å². The van der Waals surface area contributed by atoms with Gasteiger partial charge in [0.25, 0.3) is 0 Å². The Morgan fingerprint density at radius 1 is 1.25 bits per heavy atom. The number of nitrogens with two attached hydrogens (primary N) is 1. The number of likely N-dealkylation sites (tertiary alicyclic amines) is 1. The zero-order valence-electron chi connectivity index (χ0n) is 13.3. The van der Waals surface area contributed by atoms with Crippen molar-refractivity contribution >= 4 is 0 Å². The molecule has 1 aromatic rings. The summed E-state index contributed by atoms with van der Waals surface area (Å²) in [5, 5.41) is 0. The van der Waals surface area contributed by atoms with E-state index in [4.69, 9.17) is 5.73 Å². The van der Waals surface area contributed by atoms with Gasteiger partial charge in [-0.1, -0.05) is 51.5 Å². The second kappa shape index (κ2) is 7.24. The molecule has 20 heavy (non-hydrogen) atoms. The first-order valence-electron chi connectivity index (χ1n) is 8.17. The number of rotatable bonds is 6. The Balaban J connectivity index is 2.04. The molecule has 2 N–H and O–H groups in total. The highest BCUT2D eigenvalue weighted by molar-refractivity contribution is 5.26. The Bertz CT molecular complexity index is 396. The maximum absolute atomic E-state index is 6.05. The number of hydrogen-bond donors (Lipinski definition) is 1. The molecule has 1 aliphatic heterocycles. The topological polar surface area (TPSA) is 29.3 Å². The van der Waals surface area contributed by atoms with Crippen LogP contribution in [0.15, 0.2) is 24.3 Å².